The van der Waals surface area contributed by atoms with E-state index in [0.29, 0.717) is 5.56 Å². The molecule has 4 nitrogen and oxygen atoms in total. The van der Waals surface area contributed by atoms with Crippen molar-refractivity contribution in [3.05, 3.63) is 71.0 Å². The molecule has 114 valence electrons. The van der Waals surface area contributed by atoms with Gasteiger partial charge in [-0.25, -0.2) is 0 Å². The predicted octanol–water partition coefficient (Wildman–Crippen LogP) is 4.05. The summed E-state index contributed by atoms with van der Waals surface area (Å²) in [5.41, 5.74) is 4.05. The number of aryl methyl sites for hydroxylation is 2. The van der Waals surface area contributed by atoms with E-state index in [0.717, 1.165) is 28.0 Å². The highest BCUT2D eigenvalue weighted by Gasteiger charge is 2.11. The lowest BCUT2D eigenvalue weighted by Gasteiger charge is -2.09. The zero-order valence-electron chi connectivity index (χ0n) is 13.0. The number of nitrogens with zero attached hydrogens (tertiary/aromatic N) is 4. The largest absolute Gasteiger partial charge is 0.274 e. The Balaban J connectivity index is 1.86. The van der Waals surface area contributed by atoms with Crippen LogP contribution in [0.1, 0.15) is 22.5 Å². The van der Waals surface area contributed by atoms with E-state index < -0.39 is 0 Å². The van der Waals surface area contributed by atoms with Crippen LogP contribution in [-0.2, 0) is 5.75 Å². The van der Waals surface area contributed by atoms with E-state index in [4.69, 9.17) is 5.26 Å². The molecule has 3 rings (SSSR count). The van der Waals surface area contributed by atoms with Gasteiger partial charge < -0.3 is 0 Å². The highest BCUT2D eigenvalue weighted by atomic mass is 32.2. The van der Waals surface area contributed by atoms with Crippen molar-refractivity contribution in [3.63, 3.8) is 0 Å². The summed E-state index contributed by atoms with van der Waals surface area (Å²) >= 11 is 1.62. The van der Waals surface area contributed by atoms with Crippen LogP contribution in [0.25, 0.3) is 5.69 Å². The van der Waals surface area contributed by atoms with E-state index in [1.807, 2.05) is 37.3 Å². The summed E-state index contributed by atoms with van der Waals surface area (Å²) in [6.07, 6.45) is 0. The van der Waals surface area contributed by atoms with Gasteiger partial charge in [-0.2, -0.15) is 5.26 Å². The first-order valence-electron chi connectivity index (χ1n) is 7.28. The van der Waals surface area contributed by atoms with Crippen molar-refractivity contribution in [2.24, 2.45) is 0 Å². The van der Waals surface area contributed by atoms with Gasteiger partial charge in [0.15, 0.2) is 5.16 Å². The molecular formula is C18H16N4S. The van der Waals surface area contributed by atoms with Crippen molar-refractivity contribution in [2.45, 2.75) is 24.8 Å². The van der Waals surface area contributed by atoms with Gasteiger partial charge in [-0.3, -0.25) is 4.57 Å². The molecule has 0 saturated heterocycles. The summed E-state index contributed by atoms with van der Waals surface area (Å²) in [5, 5.41) is 18.3. The van der Waals surface area contributed by atoms with Crippen LogP contribution >= 0.6 is 11.8 Å². The second-order valence-electron chi connectivity index (χ2n) is 5.31. The van der Waals surface area contributed by atoms with E-state index >= 15 is 0 Å². The standard InChI is InChI=1S/C18H16N4S/c1-13-5-3-8-17(9-13)22-14(2)20-21-18(22)23-12-16-7-4-6-15(10-16)11-19/h3-10H,12H2,1-2H3. The van der Waals surface area contributed by atoms with Crippen molar-refractivity contribution in [1.29, 1.82) is 5.26 Å². The molecule has 2 aromatic carbocycles. The van der Waals surface area contributed by atoms with Gasteiger partial charge in [-0.05, 0) is 49.2 Å². The van der Waals surface area contributed by atoms with Gasteiger partial charge in [0.1, 0.15) is 5.82 Å². The molecule has 0 fully saturated rings. The smallest absolute Gasteiger partial charge is 0.196 e. The zero-order valence-corrected chi connectivity index (χ0v) is 13.8. The molecule has 0 aliphatic rings. The molecule has 0 spiro atoms. The Labute approximate surface area is 139 Å². The van der Waals surface area contributed by atoms with Crippen LogP contribution < -0.4 is 0 Å². The topological polar surface area (TPSA) is 54.5 Å². The SMILES string of the molecule is Cc1cccc(-n2c(C)nnc2SCc2cccc(C#N)c2)c1. The molecular weight excluding hydrogens is 304 g/mol. The summed E-state index contributed by atoms with van der Waals surface area (Å²) < 4.78 is 2.06. The molecule has 0 aliphatic carbocycles. The maximum absolute atomic E-state index is 8.99. The van der Waals surface area contributed by atoms with Gasteiger partial charge in [-0.1, -0.05) is 36.0 Å². The summed E-state index contributed by atoms with van der Waals surface area (Å²) in [6.45, 7) is 4.03. The minimum absolute atomic E-state index is 0.680. The van der Waals surface area contributed by atoms with Crippen molar-refractivity contribution in [3.8, 4) is 11.8 Å². The van der Waals surface area contributed by atoms with E-state index in [2.05, 4.69) is 46.0 Å². The minimum atomic E-state index is 0.680. The molecule has 3 aromatic rings. The van der Waals surface area contributed by atoms with Crippen molar-refractivity contribution >= 4 is 11.8 Å². The molecule has 1 aromatic heterocycles. The average Bonchev–Trinajstić information content (AvgIpc) is 2.94. The van der Waals surface area contributed by atoms with Gasteiger partial charge in [0, 0.05) is 11.4 Å². The van der Waals surface area contributed by atoms with E-state index in [1.165, 1.54) is 5.56 Å². The third-order valence-corrected chi connectivity index (χ3v) is 4.48. The van der Waals surface area contributed by atoms with Crippen LogP contribution in [0.15, 0.2) is 53.7 Å². The molecule has 0 bridgehead atoms. The van der Waals surface area contributed by atoms with Gasteiger partial charge >= 0.3 is 0 Å². The van der Waals surface area contributed by atoms with Crippen LogP contribution in [0.4, 0.5) is 0 Å². The molecule has 1 heterocycles. The van der Waals surface area contributed by atoms with E-state index in [9.17, 15) is 0 Å². The van der Waals surface area contributed by atoms with Crippen LogP contribution in [0.5, 0.6) is 0 Å². The maximum atomic E-state index is 8.99. The minimum Gasteiger partial charge on any atom is -0.274 e. The number of hydrogen-bond acceptors (Lipinski definition) is 4. The zero-order chi connectivity index (χ0) is 16.2. The van der Waals surface area contributed by atoms with Crippen LogP contribution in [-0.4, -0.2) is 14.8 Å². The highest BCUT2D eigenvalue weighted by molar-refractivity contribution is 7.98. The first-order chi connectivity index (χ1) is 11.2. The Morgan fingerprint density at radius 3 is 2.70 bits per heavy atom. The number of benzene rings is 2. The first-order valence-corrected chi connectivity index (χ1v) is 8.27. The number of aromatic nitrogens is 3. The third kappa shape index (κ3) is 3.43. The Hall–Kier alpha value is -2.58. The highest BCUT2D eigenvalue weighted by Crippen LogP contribution is 2.25. The molecule has 0 N–H and O–H groups in total. The first kappa shape index (κ1) is 15.3. The molecule has 0 amide bonds. The fraction of sp³-hybridized carbons (Fsp3) is 0.167. The number of nitriles is 1. The van der Waals surface area contributed by atoms with Gasteiger partial charge in [0.2, 0.25) is 0 Å². The lowest BCUT2D eigenvalue weighted by Crippen LogP contribution is -1.99. The van der Waals surface area contributed by atoms with Crippen LogP contribution in [0.3, 0.4) is 0 Å². The summed E-state index contributed by atoms with van der Waals surface area (Å²) in [5.74, 6) is 1.61. The molecule has 0 radical (unpaired) electrons. The number of thioether (sulfide) groups is 1. The normalized spacial score (nSPS) is 10.5. The summed E-state index contributed by atoms with van der Waals surface area (Å²) in [6, 6.07) is 18.1. The third-order valence-electron chi connectivity index (χ3n) is 3.48. The Morgan fingerprint density at radius 1 is 1.09 bits per heavy atom. The van der Waals surface area contributed by atoms with Crippen molar-refractivity contribution < 1.29 is 0 Å². The predicted molar refractivity (Wildman–Crippen MR) is 91.6 cm³/mol. The van der Waals surface area contributed by atoms with Crippen LogP contribution in [0.2, 0.25) is 0 Å². The molecule has 0 saturated carbocycles. The fourth-order valence-electron chi connectivity index (χ4n) is 2.38. The van der Waals surface area contributed by atoms with Crippen molar-refractivity contribution in [1.82, 2.24) is 14.8 Å². The quantitative estimate of drug-likeness (QED) is 0.681. The summed E-state index contributed by atoms with van der Waals surface area (Å²) in [4.78, 5) is 0. The average molecular weight is 320 g/mol. The van der Waals surface area contributed by atoms with Crippen LogP contribution in [0, 0.1) is 25.2 Å². The molecule has 0 aliphatic heterocycles. The Kier molecular flexibility index (Phi) is 4.45. The molecule has 23 heavy (non-hydrogen) atoms. The second kappa shape index (κ2) is 6.67. The fourth-order valence-corrected chi connectivity index (χ4v) is 3.32. The van der Waals surface area contributed by atoms with Gasteiger partial charge in [0.05, 0.1) is 11.6 Å². The monoisotopic (exact) mass is 320 g/mol. The van der Waals surface area contributed by atoms with E-state index in [-0.39, 0.29) is 0 Å². The number of hydrogen-bond donors (Lipinski definition) is 0. The molecule has 0 unspecified atom stereocenters. The summed E-state index contributed by atoms with van der Waals surface area (Å²) in [7, 11) is 0. The number of rotatable bonds is 4. The lowest BCUT2D eigenvalue weighted by molar-refractivity contribution is 0.867. The Morgan fingerprint density at radius 2 is 1.91 bits per heavy atom. The maximum Gasteiger partial charge on any atom is 0.196 e. The Bertz CT molecular complexity index is 877. The van der Waals surface area contributed by atoms with E-state index in [1.54, 1.807) is 11.8 Å². The van der Waals surface area contributed by atoms with Gasteiger partial charge in [-0.15, -0.1) is 10.2 Å². The lowest BCUT2D eigenvalue weighted by atomic mass is 10.2. The molecule has 5 heteroatoms. The van der Waals surface area contributed by atoms with Gasteiger partial charge in [0.25, 0.3) is 0 Å². The second-order valence-corrected chi connectivity index (χ2v) is 6.25. The van der Waals surface area contributed by atoms with Crippen molar-refractivity contribution in [2.75, 3.05) is 0 Å². The molecule has 0 atom stereocenters.